The van der Waals surface area contributed by atoms with E-state index in [2.05, 4.69) is 10.6 Å². The number of benzene rings is 2. The van der Waals surface area contributed by atoms with Crippen molar-refractivity contribution in [2.24, 2.45) is 0 Å². The van der Waals surface area contributed by atoms with Gasteiger partial charge in [0.15, 0.2) is 11.9 Å². The van der Waals surface area contributed by atoms with Crippen molar-refractivity contribution in [1.29, 1.82) is 0 Å². The Labute approximate surface area is 174 Å². The molecular formula is C22H25N3O5. The van der Waals surface area contributed by atoms with Crippen molar-refractivity contribution < 1.29 is 19.2 Å². The quantitative estimate of drug-likeness (QED) is 0.527. The number of rotatable bonds is 7. The third-order valence-electron chi connectivity index (χ3n) is 5.10. The van der Waals surface area contributed by atoms with Gasteiger partial charge in [0.2, 0.25) is 0 Å². The van der Waals surface area contributed by atoms with E-state index < -0.39 is 16.9 Å². The molecule has 1 unspecified atom stereocenters. The second-order valence-electron chi connectivity index (χ2n) is 7.33. The summed E-state index contributed by atoms with van der Waals surface area (Å²) in [5.41, 5.74) is 0.521. The molecule has 0 bridgehead atoms. The van der Waals surface area contributed by atoms with Crippen LogP contribution < -0.4 is 15.4 Å². The molecule has 3 rings (SSSR count). The largest absolute Gasteiger partial charge is 0.474 e. The average molecular weight is 411 g/mol. The molecule has 2 N–H and O–H groups in total. The molecule has 2 aromatic carbocycles. The molecule has 8 heteroatoms. The van der Waals surface area contributed by atoms with E-state index in [1.54, 1.807) is 30.3 Å². The predicted molar refractivity (Wildman–Crippen MR) is 113 cm³/mol. The minimum absolute atomic E-state index is 0.00785. The molecule has 158 valence electrons. The number of para-hydroxylation sites is 3. The molecule has 0 aromatic heterocycles. The van der Waals surface area contributed by atoms with E-state index in [0.717, 1.165) is 25.7 Å². The topological polar surface area (TPSA) is 111 Å². The summed E-state index contributed by atoms with van der Waals surface area (Å²) in [7, 11) is 0. The third kappa shape index (κ3) is 5.34. The predicted octanol–water partition coefficient (Wildman–Crippen LogP) is 4.06. The molecule has 30 heavy (non-hydrogen) atoms. The Hall–Kier alpha value is -3.42. The van der Waals surface area contributed by atoms with Gasteiger partial charge >= 0.3 is 5.69 Å². The molecule has 0 saturated heterocycles. The molecule has 1 atom stereocenters. The summed E-state index contributed by atoms with van der Waals surface area (Å²) in [5, 5.41) is 16.9. The summed E-state index contributed by atoms with van der Waals surface area (Å²) in [4.78, 5) is 35.9. The first-order valence-electron chi connectivity index (χ1n) is 10.1. The van der Waals surface area contributed by atoms with E-state index in [1.807, 2.05) is 0 Å². The summed E-state index contributed by atoms with van der Waals surface area (Å²) < 4.78 is 5.51. The summed E-state index contributed by atoms with van der Waals surface area (Å²) in [5.74, 6) is -0.732. The Morgan fingerprint density at radius 1 is 1.07 bits per heavy atom. The standard InChI is InChI=1S/C22H25N3O5/c1-15(30-20-14-8-7-13-19(20)25(28)29)21(26)24-18-12-6-5-11-17(18)22(27)23-16-9-3-2-4-10-16/h5-8,11-16H,2-4,9-10H2,1H3,(H,23,27)(H,24,26). The summed E-state index contributed by atoms with van der Waals surface area (Å²) in [6, 6.07) is 12.8. The van der Waals surface area contributed by atoms with E-state index in [-0.39, 0.29) is 23.4 Å². The van der Waals surface area contributed by atoms with E-state index in [4.69, 9.17) is 4.74 Å². The van der Waals surface area contributed by atoms with Gasteiger partial charge in [-0.1, -0.05) is 43.5 Å². The molecule has 8 nitrogen and oxygen atoms in total. The van der Waals surface area contributed by atoms with Gasteiger partial charge in [-0.15, -0.1) is 0 Å². The lowest BCUT2D eigenvalue weighted by Crippen LogP contribution is -2.37. The van der Waals surface area contributed by atoms with Crippen LogP contribution in [-0.2, 0) is 4.79 Å². The SMILES string of the molecule is CC(Oc1ccccc1[N+](=O)[O-])C(=O)Nc1ccccc1C(=O)NC1CCCCC1. The molecule has 1 aliphatic carbocycles. The number of amides is 2. The van der Waals surface area contributed by atoms with E-state index in [9.17, 15) is 19.7 Å². The molecule has 1 fully saturated rings. The lowest BCUT2D eigenvalue weighted by atomic mass is 9.95. The van der Waals surface area contributed by atoms with Gasteiger partial charge in [-0.05, 0) is 38.0 Å². The van der Waals surface area contributed by atoms with Crippen molar-refractivity contribution in [2.45, 2.75) is 51.2 Å². The maximum absolute atomic E-state index is 12.7. The molecule has 0 radical (unpaired) electrons. The van der Waals surface area contributed by atoms with Gasteiger partial charge in [0.05, 0.1) is 16.2 Å². The zero-order chi connectivity index (χ0) is 21.5. The summed E-state index contributed by atoms with van der Waals surface area (Å²) in [6.07, 6.45) is 4.31. The van der Waals surface area contributed by atoms with Gasteiger partial charge < -0.3 is 15.4 Å². The number of nitro benzene ring substituents is 1. The highest BCUT2D eigenvalue weighted by Gasteiger charge is 2.23. The van der Waals surface area contributed by atoms with Crippen molar-refractivity contribution in [3.05, 3.63) is 64.2 Å². The molecule has 1 saturated carbocycles. The molecule has 0 aliphatic heterocycles. The van der Waals surface area contributed by atoms with Crippen molar-refractivity contribution in [3.8, 4) is 5.75 Å². The van der Waals surface area contributed by atoms with Crippen LogP contribution in [0, 0.1) is 10.1 Å². The Bertz CT molecular complexity index is 924. The van der Waals surface area contributed by atoms with Crippen molar-refractivity contribution in [2.75, 3.05) is 5.32 Å². The molecule has 2 aromatic rings. The van der Waals surface area contributed by atoms with Crippen molar-refractivity contribution in [3.63, 3.8) is 0 Å². The van der Waals surface area contributed by atoms with Gasteiger partial charge in [-0.3, -0.25) is 19.7 Å². The molecule has 2 amide bonds. The molecule has 1 aliphatic rings. The number of anilines is 1. The first kappa shape index (κ1) is 21.3. The molecule has 0 spiro atoms. The Morgan fingerprint density at radius 3 is 2.47 bits per heavy atom. The minimum atomic E-state index is -0.999. The second-order valence-corrected chi connectivity index (χ2v) is 7.33. The minimum Gasteiger partial charge on any atom is -0.474 e. The number of hydrogen-bond acceptors (Lipinski definition) is 5. The van der Waals surface area contributed by atoms with Gasteiger partial charge in [0.1, 0.15) is 0 Å². The van der Waals surface area contributed by atoms with Gasteiger partial charge in [0.25, 0.3) is 11.8 Å². The van der Waals surface area contributed by atoms with Crippen LogP contribution in [0.3, 0.4) is 0 Å². The van der Waals surface area contributed by atoms with Crippen LogP contribution in [0.5, 0.6) is 5.75 Å². The first-order valence-corrected chi connectivity index (χ1v) is 10.1. The number of carbonyl (C=O) groups is 2. The number of nitro groups is 1. The highest BCUT2D eigenvalue weighted by Crippen LogP contribution is 2.27. The number of nitrogens with zero attached hydrogens (tertiary/aromatic N) is 1. The zero-order valence-electron chi connectivity index (χ0n) is 16.8. The van der Waals surface area contributed by atoms with Crippen LogP contribution in [0.1, 0.15) is 49.4 Å². The lowest BCUT2D eigenvalue weighted by molar-refractivity contribution is -0.386. The van der Waals surface area contributed by atoms with Crippen LogP contribution in [0.2, 0.25) is 0 Å². The summed E-state index contributed by atoms with van der Waals surface area (Å²) >= 11 is 0. The van der Waals surface area contributed by atoms with Crippen LogP contribution in [0.15, 0.2) is 48.5 Å². The van der Waals surface area contributed by atoms with Gasteiger partial charge in [-0.25, -0.2) is 0 Å². The molecular weight excluding hydrogens is 386 g/mol. The highest BCUT2D eigenvalue weighted by atomic mass is 16.6. The Kier molecular flexibility index (Phi) is 7.00. The maximum atomic E-state index is 12.7. The Morgan fingerprint density at radius 2 is 1.73 bits per heavy atom. The fourth-order valence-corrected chi connectivity index (χ4v) is 3.49. The average Bonchev–Trinajstić information content (AvgIpc) is 2.75. The third-order valence-corrected chi connectivity index (χ3v) is 5.10. The Balaban J connectivity index is 1.68. The van der Waals surface area contributed by atoms with Crippen LogP contribution in [-0.4, -0.2) is 28.9 Å². The second kappa shape index (κ2) is 9.87. The van der Waals surface area contributed by atoms with Crippen LogP contribution >= 0.6 is 0 Å². The smallest absolute Gasteiger partial charge is 0.310 e. The normalized spacial score (nSPS) is 15.1. The van der Waals surface area contributed by atoms with Crippen LogP contribution in [0.25, 0.3) is 0 Å². The van der Waals surface area contributed by atoms with Crippen molar-refractivity contribution >= 4 is 23.2 Å². The van der Waals surface area contributed by atoms with E-state index in [1.165, 1.54) is 31.5 Å². The zero-order valence-corrected chi connectivity index (χ0v) is 16.8. The fourth-order valence-electron chi connectivity index (χ4n) is 3.49. The summed E-state index contributed by atoms with van der Waals surface area (Å²) in [6.45, 7) is 1.50. The number of hydrogen-bond donors (Lipinski definition) is 2. The van der Waals surface area contributed by atoms with Gasteiger partial charge in [0, 0.05) is 12.1 Å². The first-order chi connectivity index (χ1) is 14.5. The van der Waals surface area contributed by atoms with E-state index in [0.29, 0.717) is 11.3 Å². The lowest BCUT2D eigenvalue weighted by Gasteiger charge is -2.23. The van der Waals surface area contributed by atoms with E-state index >= 15 is 0 Å². The number of carbonyl (C=O) groups excluding carboxylic acids is 2. The monoisotopic (exact) mass is 411 g/mol. The number of nitrogens with one attached hydrogen (secondary N) is 2. The maximum Gasteiger partial charge on any atom is 0.310 e. The van der Waals surface area contributed by atoms with Crippen molar-refractivity contribution in [1.82, 2.24) is 5.32 Å². The molecule has 0 heterocycles. The fraction of sp³-hybridized carbons (Fsp3) is 0.364. The highest BCUT2D eigenvalue weighted by molar-refractivity contribution is 6.04. The van der Waals surface area contributed by atoms with Gasteiger partial charge in [-0.2, -0.15) is 0 Å². The van der Waals surface area contributed by atoms with Crippen LogP contribution in [0.4, 0.5) is 11.4 Å². The number of ether oxygens (including phenoxy) is 1.